The van der Waals surface area contributed by atoms with Gasteiger partial charge in [0, 0.05) is 32.6 Å². The van der Waals surface area contributed by atoms with Crippen molar-refractivity contribution in [3.63, 3.8) is 0 Å². The van der Waals surface area contributed by atoms with Crippen molar-refractivity contribution in [2.45, 2.75) is 26.1 Å². The van der Waals surface area contributed by atoms with Crippen LogP contribution in [0.15, 0.2) is 30.3 Å². The van der Waals surface area contributed by atoms with Gasteiger partial charge in [0.1, 0.15) is 0 Å². The summed E-state index contributed by atoms with van der Waals surface area (Å²) in [5.74, 6) is 0.0321. The van der Waals surface area contributed by atoms with Crippen molar-refractivity contribution in [2.75, 3.05) is 26.2 Å². The van der Waals surface area contributed by atoms with Gasteiger partial charge in [-0.2, -0.15) is 0 Å². The lowest BCUT2D eigenvalue weighted by atomic mass is 10.0. The standard InChI is InChI=1S/C17H22N2O3/c1-2-18-9-14(8-16(18)20)17(21)19-10-15(11-19)22-12-13-6-4-3-5-7-13/h3-7,14-15H,2,8-12H2,1H3/t14-/m0/s1. The molecule has 2 aliphatic heterocycles. The average Bonchev–Trinajstić information content (AvgIpc) is 2.87. The molecule has 2 aliphatic rings. The Hall–Kier alpha value is -1.88. The molecule has 5 nitrogen and oxygen atoms in total. The third kappa shape index (κ3) is 3.14. The summed E-state index contributed by atoms with van der Waals surface area (Å²) in [7, 11) is 0. The van der Waals surface area contributed by atoms with Crippen LogP contribution >= 0.6 is 0 Å². The fourth-order valence-electron chi connectivity index (χ4n) is 3.01. The molecule has 3 rings (SSSR count). The van der Waals surface area contributed by atoms with E-state index in [0.29, 0.717) is 39.2 Å². The molecule has 0 aliphatic carbocycles. The molecule has 0 bridgehead atoms. The van der Waals surface area contributed by atoms with Gasteiger partial charge in [0.05, 0.1) is 18.6 Å². The molecular formula is C17H22N2O3. The number of rotatable bonds is 5. The maximum Gasteiger partial charge on any atom is 0.228 e. The van der Waals surface area contributed by atoms with Crippen LogP contribution in [0.3, 0.4) is 0 Å². The fraction of sp³-hybridized carbons (Fsp3) is 0.529. The number of hydrogen-bond donors (Lipinski definition) is 0. The van der Waals surface area contributed by atoms with E-state index in [1.54, 1.807) is 4.90 Å². The Bertz CT molecular complexity index is 540. The van der Waals surface area contributed by atoms with Crippen LogP contribution in [0.25, 0.3) is 0 Å². The van der Waals surface area contributed by atoms with E-state index in [1.807, 2.05) is 42.2 Å². The number of nitrogens with zero attached hydrogens (tertiary/aromatic N) is 2. The highest BCUT2D eigenvalue weighted by molar-refractivity contribution is 5.89. The molecule has 2 amide bonds. The number of amides is 2. The number of hydrogen-bond acceptors (Lipinski definition) is 3. The molecule has 0 spiro atoms. The van der Waals surface area contributed by atoms with Crippen LogP contribution in [0.2, 0.25) is 0 Å². The summed E-state index contributed by atoms with van der Waals surface area (Å²) in [6.07, 6.45) is 0.474. The van der Waals surface area contributed by atoms with Crippen molar-refractivity contribution in [1.82, 2.24) is 9.80 Å². The first kappa shape index (κ1) is 15.0. The summed E-state index contributed by atoms with van der Waals surface area (Å²) in [4.78, 5) is 27.6. The van der Waals surface area contributed by atoms with Crippen molar-refractivity contribution in [1.29, 1.82) is 0 Å². The van der Waals surface area contributed by atoms with Gasteiger partial charge < -0.3 is 14.5 Å². The summed E-state index contributed by atoms with van der Waals surface area (Å²) >= 11 is 0. The van der Waals surface area contributed by atoms with E-state index >= 15 is 0 Å². The van der Waals surface area contributed by atoms with Gasteiger partial charge in [-0.05, 0) is 12.5 Å². The summed E-state index contributed by atoms with van der Waals surface area (Å²) in [6.45, 7) is 5.07. The Morgan fingerprint density at radius 2 is 1.95 bits per heavy atom. The molecule has 0 saturated carbocycles. The van der Waals surface area contributed by atoms with Crippen LogP contribution in [0.5, 0.6) is 0 Å². The maximum atomic E-state index is 12.3. The zero-order valence-corrected chi connectivity index (χ0v) is 12.9. The molecule has 118 valence electrons. The molecule has 0 aromatic heterocycles. The van der Waals surface area contributed by atoms with Crippen LogP contribution in [0.1, 0.15) is 18.9 Å². The molecule has 5 heteroatoms. The Balaban J connectivity index is 1.41. The maximum absolute atomic E-state index is 12.3. The Kier molecular flexibility index (Phi) is 4.43. The second kappa shape index (κ2) is 6.48. The number of likely N-dealkylation sites (tertiary alicyclic amines) is 2. The first-order valence-electron chi connectivity index (χ1n) is 7.89. The Morgan fingerprint density at radius 1 is 1.23 bits per heavy atom. The number of carbonyl (C=O) groups is 2. The molecular weight excluding hydrogens is 280 g/mol. The normalized spacial score (nSPS) is 22.0. The van der Waals surface area contributed by atoms with Gasteiger partial charge in [0.25, 0.3) is 0 Å². The second-order valence-electron chi connectivity index (χ2n) is 6.00. The van der Waals surface area contributed by atoms with Gasteiger partial charge in [0.2, 0.25) is 11.8 Å². The van der Waals surface area contributed by atoms with E-state index in [4.69, 9.17) is 4.74 Å². The smallest absolute Gasteiger partial charge is 0.228 e. The fourth-order valence-corrected chi connectivity index (χ4v) is 3.01. The van der Waals surface area contributed by atoms with Crippen LogP contribution in [0.4, 0.5) is 0 Å². The molecule has 0 radical (unpaired) electrons. The number of ether oxygens (including phenoxy) is 1. The van der Waals surface area contributed by atoms with Crippen LogP contribution < -0.4 is 0 Å². The molecule has 2 fully saturated rings. The highest BCUT2D eigenvalue weighted by Crippen LogP contribution is 2.23. The van der Waals surface area contributed by atoms with E-state index in [1.165, 1.54) is 0 Å². The van der Waals surface area contributed by atoms with E-state index in [0.717, 1.165) is 5.56 Å². The summed E-state index contributed by atoms with van der Waals surface area (Å²) in [5, 5.41) is 0. The lowest BCUT2D eigenvalue weighted by molar-refractivity contribution is -0.150. The highest BCUT2D eigenvalue weighted by atomic mass is 16.5. The zero-order valence-electron chi connectivity index (χ0n) is 12.9. The minimum absolute atomic E-state index is 0.0956. The van der Waals surface area contributed by atoms with E-state index in [-0.39, 0.29) is 23.8 Å². The van der Waals surface area contributed by atoms with Gasteiger partial charge in [-0.1, -0.05) is 30.3 Å². The SMILES string of the molecule is CCN1C[C@@H](C(=O)N2CC(OCc3ccccc3)C2)CC1=O. The molecule has 1 aromatic carbocycles. The van der Waals surface area contributed by atoms with Gasteiger partial charge in [-0.15, -0.1) is 0 Å². The largest absolute Gasteiger partial charge is 0.370 e. The number of carbonyl (C=O) groups excluding carboxylic acids is 2. The first-order chi connectivity index (χ1) is 10.7. The zero-order chi connectivity index (χ0) is 15.5. The predicted octanol–water partition coefficient (Wildman–Crippen LogP) is 1.28. The molecule has 1 atom stereocenters. The monoisotopic (exact) mass is 302 g/mol. The van der Waals surface area contributed by atoms with Crippen LogP contribution in [0, 0.1) is 5.92 Å². The third-order valence-corrected chi connectivity index (χ3v) is 4.43. The molecule has 2 saturated heterocycles. The predicted molar refractivity (Wildman–Crippen MR) is 82.0 cm³/mol. The van der Waals surface area contributed by atoms with Crippen molar-refractivity contribution in [2.24, 2.45) is 5.92 Å². The minimum Gasteiger partial charge on any atom is -0.370 e. The topological polar surface area (TPSA) is 49.9 Å². The lowest BCUT2D eigenvalue weighted by Crippen LogP contribution is -2.56. The van der Waals surface area contributed by atoms with Gasteiger partial charge in [-0.25, -0.2) is 0 Å². The minimum atomic E-state index is -0.164. The van der Waals surface area contributed by atoms with Crippen LogP contribution in [-0.2, 0) is 20.9 Å². The first-order valence-corrected chi connectivity index (χ1v) is 7.89. The molecule has 0 N–H and O–H groups in total. The Morgan fingerprint density at radius 3 is 2.59 bits per heavy atom. The second-order valence-corrected chi connectivity index (χ2v) is 6.00. The van der Waals surface area contributed by atoms with Gasteiger partial charge >= 0.3 is 0 Å². The molecule has 2 heterocycles. The summed E-state index contributed by atoms with van der Waals surface area (Å²) in [5.41, 5.74) is 1.15. The molecule has 22 heavy (non-hydrogen) atoms. The third-order valence-electron chi connectivity index (χ3n) is 4.43. The lowest BCUT2D eigenvalue weighted by Gasteiger charge is -2.40. The summed E-state index contributed by atoms with van der Waals surface area (Å²) in [6, 6.07) is 10.0. The molecule has 0 unspecified atom stereocenters. The van der Waals surface area contributed by atoms with E-state index < -0.39 is 0 Å². The highest BCUT2D eigenvalue weighted by Gasteiger charge is 2.40. The van der Waals surface area contributed by atoms with E-state index in [2.05, 4.69) is 0 Å². The Labute approximate surface area is 130 Å². The van der Waals surface area contributed by atoms with E-state index in [9.17, 15) is 9.59 Å². The van der Waals surface area contributed by atoms with Crippen molar-refractivity contribution >= 4 is 11.8 Å². The van der Waals surface area contributed by atoms with Crippen LogP contribution in [-0.4, -0.2) is 53.9 Å². The molecule has 1 aromatic rings. The summed E-state index contributed by atoms with van der Waals surface area (Å²) < 4.78 is 5.80. The van der Waals surface area contributed by atoms with Crippen molar-refractivity contribution < 1.29 is 14.3 Å². The van der Waals surface area contributed by atoms with Gasteiger partial charge in [-0.3, -0.25) is 9.59 Å². The number of benzene rings is 1. The van der Waals surface area contributed by atoms with Crippen molar-refractivity contribution in [3.8, 4) is 0 Å². The van der Waals surface area contributed by atoms with Crippen molar-refractivity contribution in [3.05, 3.63) is 35.9 Å². The average molecular weight is 302 g/mol. The van der Waals surface area contributed by atoms with Gasteiger partial charge in [0.15, 0.2) is 0 Å². The quantitative estimate of drug-likeness (QED) is 0.823.